The molecular weight excluding hydrogens is 364 g/mol. The number of fused-ring (bicyclic) bond motifs is 4. The Balaban J connectivity index is 1.36. The van der Waals surface area contributed by atoms with Crippen molar-refractivity contribution in [3.05, 3.63) is 84.1 Å². The van der Waals surface area contributed by atoms with Gasteiger partial charge in [-0.05, 0) is 35.0 Å². The number of para-hydroxylation sites is 1. The van der Waals surface area contributed by atoms with Crippen LogP contribution in [0.3, 0.4) is 0 Å². The van der Waals surface area contributed by atoms with Crippen LogP contribution in [-0.4, -0.2) is 19.5 Å². The molecule has 6 rings (SSSR count). The van der Waals surface area contributed by atoms with Gasteiger partial charge >= 0.3 is 0 Å². The molecule has 0 unspecified atom stereocenters. The molecule has 0 N–H and O–H groups in total. The molecule has 0 fully saturated rings. The van der Waals surface area contributed by atoms with Gasteiger partial charge in [-0.15, -0.1) is 0 Å². The fraction of sp³-hybridized carbons (Fsp3) is 0.0435. The first-order valence-electron chi connectivity index (χ1n) is 9.13. The normalized spacial score (nSPS) is 13.3. The van der Waals surface area contributed by atoms with Crippen LogP contribution in [0.4, 0.5) is 0 Å². The van der Waals surface area contributed by atoms with Crippen molar-refractivity contribution in [2.24, 2.45) is 0 Å². The van der Waals surface area contributed by atoms with Gasteiger partial charge in [0.2, 0.25) is 11.8 Å². The van der Waals surface area contributed by atoms with E-state index in [-0.39, 0.29) is 0 Å². The summed E-state index contributed by atoms with van der Waals surface area (Å²) in [7, 11) is 0.550. The standard InChI is InChI=1S/C23H14N2O2Si/c1-2-5-18-15(4-1)12-16-7-9-17(25-22(16)26-18)14-8-10-20-19(13-14)27-23-21(28-20)6-3-11-24-23/h1-11,13H,12H2. The van der Waals surface area contributed by atoms with Gasteiger partial charge in [-0.25, -0.2) is 9.97 Å². The van der Waals surface area contributed by atoms with E-state index in [0.29, 0.717) is 21.3 Å². The number of pyridine rings is 2. The van der Waals surface area contributed by atoms with E-state index in [1.807, 2.05) is 30.3 Å². The van der Waals surface area contributed by atoms with E-state index in [0.717, 1.165) is 39.9 Å². The van der Waals surface area contributed by atoms with E-state index < -0.39 is 0 Å². The van der Waals surface area contributed by atoms with Gasteiger partial charge in [0.15, 0.2) is 0 Å². The largest absolute Gasteiger partial charge is 0.439 e. The lowest BCUT2D eigenvalue weighted by molar-refractivity contribution is 0.441. The van der Waals surface area contributed by atoms with Crippen molar-refractivity contribution in [3.63, 3.8) is 0 Å². The van der Waals surface area contributed by atoms with Crippen molar-refractivity contribution in [1.29, 1.82) is 0 Å². The fourth-order valence-electron chi connectivity index (χ4n) is 3.60. The van der Waals surface area contributed by atoms with Crippen LogP contribution in [0.5, 0.6) is 23.3 Å². The number of hydrogen-bond donors (Lipinski definition) is 0. The zero-order valence-electron chi connectivity index (χ0n) is 14.8. The number of benzene rings is 2. The minimum Gasteiger partial charge on any atom is -0.439 e. The molecule has 2 aromatic carbocycles. The van der Waals surface area contributed by atoms with Gasteiger partial charge < -0.3 is 9.47 Å². The molecule has 0 bridgehead atoms. The van der Waals surface area contributed by atoms with Crippen LogP contribution in [0.25, 0.3) is 11.3 Å². The average molecular weight is 378 g/mol. The Morgan fingerprint density at radius 2 is 1.68 bits per heavy atom. The highest BCUT2D eigenvalue weighted by Gasteiger charge is 2.21. The van der Waals surface area contributed by atoms with Crippen molar-refractivity contribution < 1.29 is 9.47 Å². The van der Waals surface area contributed by atoms with Crippen LogP contribution in [0, 0.1) is 0 Å². The molecule has 132 valence electrons. The van der Waals surface area contributed by atoms with E-state index in [1.165, 1.54) is 10.8 Å². The number of ether oxygens (including phenoxy) is 2. The van der Waals surface area contributed by atoms with E-state index in [1.54, 1.807) is 6.20 Å². The van der Waals surface area contributed by atoms with Crippen LogP contribution in [0.15, 0.2) is 72.9 Å². The molecule has 0 amide bonds. The summed E-state index contributed by atoms with van der Waals surface area (Å²) >= 11 is 0. The van der Waals surface area contributed by atoms with Gasteiger partial charge in [-0.1, -0.05) is 42.5 Å². The maximum Gasteiger partial charge on any atom is 0.223 e. The molecule has 2 aromatic heterocycles. The van der Waals surface area contributed by atoms with E-state index in [9.17, 15) is 0 Å². The maximum absolute atomic E-state index is 6.05. The molecule has 4 aromatic rings. The molecule has 0 saturated heterocycles. The highest BCUT2D eigenvalue weighted by atomic mass is 28.2. The minimum absolute atomic E-state index is 0.550. The first-order valence-corrected chi connectivity index (χ1v) is 10.1. The molecule has 4 heterocycles. The van der Waals surface area contributed by atoms with Gasteiger partial charge in [-0.3, -0.25) is 0 Å². The van der Waals surface area contributed by atoms with Gasteiger partial charge in [0, 0.05) is 28.9 Å². The Morgan fingerprint density at radius 1 is 0.750 bits per heavy atom. The topological polar surface area (TPSA) is 44.2 Å². The summed E-state index contributed by atoms with van der Waals surface area (Å²) in [5.41, 5.74) is 4.18. The summed E-state index contributed by atoms with van der Waals surface area (Å²) < 4.78 is 12.1. The summed E-state index contributed by atoms with van der Waals surface area (Å²) in [6.45, 7) is 0. The molecular formula is C23H14N2O2Si. The van der Waals surface area contributed by atoms with Crippen LogP contribution >= 0.6 is 0 Å². The summed E-state index contributed by atoms with van der Waals surface area (Å²) in [5, 5.41) is 2.33. The Kier molecular flexibility index (Phi) is 3.36. The van der Waals surface area contributed by atoms with Crippen LogP contribution in [-0.2, 0) is 6.42 Å². The van der Waals surface area contributed by atoms with E-state index in [4.69, 9.17) is 14.5 Å². The van der Waals surface area contributed by atoms with Crippen molar-refractivity contribution in [1.82, 2.24) is 9.97 Å². The lowest BCUT2D eigenvalue weighted by atomic mass is 10.0. The average Bonchev–Trinajstić information content (AvgIpc) is 2.75. The second kappa shape index (κ2) is 6.04. The Hall–Kier alpha value is -3.44. The maximum atomic E-state index is 6.05. The minimum atomic E-state index is 0.550. The Bertz CT molecular complexity index is 1140. The van der Waals surface area contributed by atoms with Crippen molar-refractivity contribution >= 4 is 19.9 Å². The highest BCUT2D eigenvalue weighted by molar-refractivity contribution is 6.69. The second-order valence-electron chi connectivity index (χ2n) is 6.84. The van der Waals surface area contributed by atoms with Gasteiger partial charge in [-0.2, -0.15) is 0 Å². The zero-order chi connectivity index (χ0) is 18.5. The quantitative estimate of drug-likeness (QED) is 0.410. The summed E-state index contributed by atoms with van der Waals surface area (Å²) in [4.78, 5) is 9.13. The molecule has 2 radical (unpaired) electrons. The molecule has 0 spiro atoms. The number of rotatable bonds is 1. The SMILES string of the molecule is c1ccc2c(c1)Cc1ccc(-c3ccc4c(c3)Oc3ncccc3[Si]4)nc1O2. The summed E-state index contributed by atoms with van der Waals surface area (Å²) in [5.74, 6) is 3.12. The third kappa shape index (κ3) is 2.52. The van der Waals surface area contributed by atoms with Gasteiger partial charge in [0.1, 0.15) is 21.0 Å². The van der Waals surface area contributed by atoms with Crippen molar-refractivity contribution in [2.75, 3.05) is 0 Å². The third-order valence-electron chi connectivity index (χ3n) is 5.02. The summed E-state index contributed by atoms with van der Waals surface area (Å²) in [6.07, 6.45) is 2.61. The third-order valence-corrected chi connectivity index (χ3v) is 6.36. The summed E-state index contributed by atoms with van der Waals surface area (Å²) in [6, 6.07) is 22.6. The van der Waals surface area contributed by atoms with Gasteiger partial charge in [0.25, 0.3) is 0 Å². The van der Waals surface area contributed by atoms with Crippen LogP contribution < -0.4 is 19.8 Å². The molecule has 2 aliphatic heterocycles. The lowest BCUT2D eigenvalue weighted by Gasteiger charge is -2.21. The molecule has 0 saturated carbocycles. The first-order chi connectivity index (χ1) is 13.8. The predicted octanol–water partition coefficient (Wildman–Crippen LogP) is 3.60. The monoisotopic (exact) mass is 378 g/mol. The molecule has 0 aliphatic carbocycles. The number of hydrogen-bond acceptors (Lipinski definition) is 4. The molecule has 5 heteroatoms. The first kappa shape index (κ1) is 15.6. The second-order valence-corrected chi connectivity index (χ2v) is 8.17. The van der Waals surface area contributed by atoms with Crippen molar-refractivity contribution in [3.8, 4) is 34.5 Å². The lowest BCUT2D eigenvalue weighted by Crippen LogP contribution is -2.34. The zero-order valence-corrected chi connectivity index (χ0v) is 15.8. The number of nitrogens with zero attached hydrogens (tertiary/aromatic N) is 2. The smallest absolute Gasteiger partial charge is 0.223 e. The highest BCUT2D eigenvalue weighted by Crippen LogP contribution is 2.36. The van der Waals surface area contributed by atoms with Crippen molar-refractivity contribution in [2.45, 2.75) is 6.42 Å². The van der Waals surface area contributed by atoms with Crippen LogP contribution in [0.1, 0.15) is 11.1 Å². The molecule has 4 nitrogen and oxygen atoms in total. The van der Waals surface area contributed by atoms with Gasteiger partial charge in [0.05, 0.1) is 5.69 Å². The molecule has 28 heavy (non-hydrogen) atoms. The molecule has 2 aliphatic rings. The van der Waals surface area contributed by atoms with E-state index >= 15 is 0 Å². The fourth-order valence-corrected chi connectivity index (χ4v) is 4.70. The Morgan fingerprint density at radius 3 is 2.68 bits per heavy atom. The number of aromatic nitrogens is 2. The van der Waals surface area contributed by atoms with E-state index in [2.05, 4.69) is 41.4 Å². The predicted molar refractivity (Wildman–Crippen MR) is 108 cm³/mol. The van der Waals surface area contributed by atoms with Crippen LogP contribution in [0.2, 0.25) is 0 Å². The Labute approximate surface area is 164 Å². The molecule has 0 atom stereocenters.